The van der Waals surface area contributed by atoms with Crippen LogP contribution < -0.4 is 0 Å². The van der Waals surface area contributed by atoms with Gasteiger partial charge in [0.2, 0.25) is 0 Å². The van der Waals surface area contributed by atoms with E-state index in [1.807, 2.05) is 0 Å². The largest absolute Gasteiger partial charge is 0.464 e. The van der Waals surface area contributed by atoms with E-state index in [0.717, 1.165) is 0 Å². The number of carbonyl (C=O) groups is 1. The van der Waals surface area contributed by atoms with Gasteiger partial charge < -0.3 is 0 Å². The van der Waals surface area contributed by atoms with Crippen molar-refractivity contribution < 1.29 is 14.6 Å². The van der Waals surface area contributed by atoms with Gasteiger partial charge in [-0.15, -0.1) is 0 Å². The van der Waals surface area contributed by atoms with Crippen LogP contribution in [-0.2, 0) is 4.79 Å². The minimum atomic E-state index is -2.21. The molecule has 1 aliphatic carbocycles. The molecule has 0 saturated heterocycles. The van der Waals surface area contributed by atoms with Crippen molar-refractivity contribution >= 4 is 21.7 Å². The fraction of sp³-hybridized carbons (Fsp3) is 0.875. The number of rotatable bonds is 4. The molecule has 1 saturated carbocycles. The Morgan fingerprint density at radius 2 is 1.62 bits per heavy atom. The van der Waals surface area contributed by atoms with E-state index < -0.39 is 33.3 Å². The maximum Gasteiger partial charge on any atom is 0.464 e. The number of alkyl halides is 1. The Balaban J connectivity index is 3.08. The third-order valence-electron chi connectivity index (χ3n) is 3.51. The van der Waals surface area contributed by atoms with Crippen molar-refractivity contribution in [1.29, 1.82) is 0 Å². The summed E-state index contributed by atoms with van der Waals surface area (Å²) in [7, 11) is 0. The molecule has 7 nitrogen and oxygen atoms in total. The van der Waals surface area contributed by atoms with Crippen LogP contribution in [-0.4, -0.2) is 26.6 Å². The van der Waals surface area contributed by atoms with Crippen LogP contribution in [0.1, 0.15) is 13.8 Å². The molecule has 0 N–H and O–H groups in total. The molecule has 1 aliphatic rings. The normalized spacial score (nSPS) is 31.6. The molecule has 0 aromatic carbocycles. The van der Waals surface area contributed by atoms with E-state index in [-0.39, 0.29) is 11.1 Å². The Labute approximate surface area is 99.6 Å². The summed E-state index contributed by atoms with van der Waals surface area (Å²) in [6.07, 6.45) is 0. The molecule has 8 heteroatoms. The number of hydrogen-bond donors (Lipinski definition) is 0. The van der Waals surface area contributed by atoms with Crippen molar-refractivity contribution in [3.63, 3.8) is 0 Å². The number of halogens is 1. The van der Waals surface area contributed by atoms with Crippen LogP contribution in [0.25, 0.3) is 0 Å². The predicted molar refractivity (Wildman–Crippen MR) is 57.3 cm³/mol. The topological polar surface area (TPSA) is 103 Å². The van der Waals surface area contributed by atoms with Gasteiger partial charge in [0.25, 0.3) is 0 Å². The lowest BCUT2D eigenvalue weighted by Crippen LogP contribution is -2.71. The lowest BCUT2D eigenvalue weighted by atomic mass is 9.56. The second kappa shape index (κ2) is 4.08. The highest BCUT2D eigenvalue weighted by atomic mass is 79.9. The molecule has 1 rings (SSSR count). The molecule has 0 amide bonds. The molecule has 0 aromatic rings. The molecule has 0 radical (unpaired) electrons. The first-order valence-electron chi connectivity index (χ1n) is 4.69. The molecule has 0 bridgehead atoms. The van der Waals surface area contributed by atoms with E-state index in [4.69, 9.17) is 0 Å². The summed E-state index contributed by atoms with van der Waals surface area (Å²) in [6, 6.07) is 0. The van der Waals surface area contributed by atoms with Gasteiger partial charge in [-0.25, -0.2) is 0 Å². The molecule has 2 atom stereocenters. The van der Waals surface area contributed by atoms with Crippen molar-refractivity contribution in [3.05, 3.63) is 20.2 Å². The zero-order chi connectivity index (χ0) is 12.7. The van der Waals surface area contributed by atoms with Crippen LogP contribution in [0.15, 0.2) is 0 Å². The van der Waals surface area contributed by atoms with Crippen molar-refractivity contribution in [2.75, 3.05) is 5.33 Å². The predicted octanol–water partition coefficient (Wildman–Crippen LogP) is 1.10. The Morgan fingerprint density at radius 1 is 1.25 bits per heavy atom. The average Bonchev–Trinajstić information content (AvgIpc) is 2.16. The van der Waals surface area contributed by atoms with Gasteiger partial charge in [-0.1, -0.05) is 15.9 Å². The zero-order valence-electron chi connectivity index (χ0n) is 8.75. The molecule has 1 fully saturated rings. The highest BCUT2D eigenvalue weighted by molar-refractivity contribution is 9.09. The Morgan fingerprint density at radius 3 is 1.88 bits per heavy atom. The molecule has 0 heterocycles. The van der Waals surface area contributed by atoms with E-state index in [1.54, 1.807) is 0 Å². The molecule has 0 aliphatic heterocycles. The van der Waals surface area contributed by atoms with Crippen LogP contribution in [0.2, 0.25) is 0 Å². The quantitative estimate of drug-likeness (QED) is 0.334. The molecule has 90 valence electrons. The lowest BCUT2D eigenvalue weighted by molar-refractivity contribution is -0.835. The summed E-state index contributed by atoms with van der Waals surface area (Å²) < 4.78 is 0. The highest BCUT2D eigenvalue weighted by Gasteiger charge is 2.79. The molecule has 16 heavy (non-hydrogen) atoms. The Kier molecular flexibility index (Phi) is 3.32. The molecule has 0 spiro atoms. The number of nitrogens with zero attached hydrogens (tertiary/aromatic N) is 2. The SMILES string of the molecule is CC1C(C(=O)CBr)C(C)C1([N+](=O)[O-])[N+](=O)[O-]. The molecular formula is C8H11BrN2O5. The summed E-state index contributed by atoms with van der Waals surface area (Å²) in [5.74, 6) is -2.59. The number of carbonyl (C=O) groups excluding carboxylic acids is 1. The van der Waals surface area contributed by atoms with E-state index >= 15 is 0 Å². The van der Waals surface area contributed by atoms with Crippen LogP contribution in [0.4, 0.5) is 0 Å². The zero-order valence-corrected chi connectivity index (χ0v) is 10.3. The van der Waals surface area contributed by atoms with Gasteiger partial charge in [0.15, 0.2) is 0 Å². The first-order chi connectivity index (χ1) is 7.31. The number of Topliss-reactive ketones (excluding diaryl/α,β-unsaturated/α-hetero) is 1. The van der Waals surface area contributed by atoms with Gasteiger partial charge in [-0.3, -0.25) is 25.0 Å². The van der Waals surface area contributed by atoms with E-state index in [0.29, 0.717) is 0 Å². The standard InChI is InChI=1S/C8H11BrN2O5/c1-4-7(6(12)3-9)5(2)8(4,10(13)14)11(15)16/h4-5,7H,3H2,1-2H3. The smallest absolute Gasteiger partial charge is 0.298 e. The van der Waals surface area contributed by atoms with Crippen molar-refractivity contribution in [2.45, 2.75) is 19.5 Å². The fourth-order valence-electron chi connectivity index (χ4n) is 2.64. The van der Waals surface area contributed by atoms with Gasteiger partial charge >= 0.3 is 5.66 Å². The van der Waals surface area contributed by atoms with Crippen molar-refractivity contribution in [2.24, 2.45) is 17.8 Å². The van der Waals surface area contributed by atoms with Crippen LogP contribution >= 0.6 is 15.9 Å². The van der Waals surface area contributed by atoms with Crippen LogP contribution in [0.5, 0.6) is 0 Å². The van der Waals surface area contributed by atoms with Gasteiger partial charge in [0.1, 0.15) is 17.6 Å². The summed E-state index contributed by atoms with van der Waals surface area (Å²) in [5, 5.41) is 21.8. The molecular weight excluding hydrogens is 284 g/mol. The van der Waals surface area contributed by atoms with Crippen LogP contribution in [0, 0.1) is 38.0 Å². The molecule has 2 unspecified atom stereocenters. The molecule has 0 aromatic heterocycles. The van der Waals surface area contributed by atoms with Crippen LogP contribution in [0.3, 0.4) is 0 Å². The van der Waals surface area contributed by atoms with Gasteiger partial charge in [-0.2, -0.15) is 0 Å². The minimum absolute atomic E-state index is 0.0673. The second-order valence-electron chi connectivity index (χ2n) is 4.00. The minimum Gasteiger partial charge on any atom is -0.298 e. The van der Waals surface area contributed by atoms with E-state index in [9.17, 15) is 25.0 Å². The van der Waals surface area contributed by atoms with Crippen molar-refractivity contribution in [1.82, 2.24) is 0 Å². The first-order valence-corrected chi connectivity index (χ1v) is 5.81. The summed E-state index contributed by atoms with van der Waals surface area (Å²) in [5.41, 5.74) is -2.21. The summed E-state index contributed by atoms with van der Waals surface area (Å²) >= 11 is 2.97. The van der Waals surface area contributed by atoms with E-state index in [2.05, 4.69) is 15.9 Å². The summed E-state index contributed by atoms with van der Waals surface area (Å²) in [4.78, 5) is 31.4. The summed E-state index contributed by atoms with van der Waals surface area (Å²) in [6.45, 7) is 2.77. The van der Waals surface area contributed by atoms with E-state index in [1.165, 1.54) is 13.8 Å². The monoisotopic (exact) mass is 294 g/mol. The van der Waals surface area contributed by atoms with Gasteiger partial charge in [0, 0.05) is 0 Å². The number of hydrogen-bond acceptors (Lipinski definition) is 5. The third-order valence-corrected chi connectivity index (χ3v) is 4.06. The third kappa shape index (κ3) is 1.35. The lowest BCUT2D eigenvalue weighted by Gasteiger charge is -2.43. The first kappa shape index (κ1) is 13.0. The maximum atomic E-state index is 11.5. The average molecular weight is 295 g/mol. The maximum absolute atomic E-state index is 11.5. The second-order valence-corrected chi connectivity index (χ2v) is 4.56. The number of ketones is 1. The highest BCUT2D eigenvalue weighted by Crippen LogP contribution is 2.51. The van der Waals surface area contributed by atoms with Gasteiger partial charge in [-0.05, 0) is 13.8 Å². The Hall–Kier alpha value is -1.05. The Bertz CT molecular complexity index is 332. The van der Waals surface area contributed by atoms with Crippen molar-refractivity contribution in [3.8, 4) is 0 Å². The fourth-order valence-corrected chi connectivity index (χ4v) is 3.01. The van der Waals surface area contributed by atoms with Gasteiger partial charge in [0.05, 0.1) is 21.1 Å². The number of nitro groups is 2.